The lowest BCUT2D eigenvalue weighted by Crippen LogP contribution is -2.14. The highest BCUT2D eigenvalue weighted by Gasteiger charge is 2.13. The number of carbonyl (C=O) groups is 1. The number of aryl methyl sites for hydroxylation is 1. The predicted octanol–water partition coefficient (Wildman–Crippen LogP) is 5.78. The van der Waals surface area contributed by atoms with Gasteiger partial charge in [0.2, 0.25) is 5.91 Å². The van der Waals surface area contributed by atoms with Crippen LogP contribution in [-0.4, -0.2) is 21.2 Å². The quantitative estimate of drug-likeness (QED) is 0.401. The number of carbonyl (C=O) groups excluding carboxylic acids is 1. The van der Waals surface area contributed by atoms with Crippen molar-refractivity contribution in [1.29, 1.82) is 0 Å². The molecule has 1 amide bonds. The van der Waals surface area contributed by atoms with Crippen molar-refractivity contribution in [3.8, 4) is 0 Å². The van der Waals surface area contributed by atoms with Crippen LogP contribution < -0.4 is 5.32 Å². The zero-order valence-electron chi connectivity index (χ0n) is 15.9. The van der Waals surface area contributed by atoms with Crippen LogP contribution in [0.2, 0.25) is 5.02 Å². The highest BCUT2D eigenvalue weighted by molar-refractivity contribution is 7.99. The summed E-state index contributed by atoms with van der Waals surface area (Å²) in [6.45, 7) is 2.67. The third-order valence-corrected chi connectivity index (χ3v) is 5.74. The van der Waals surface area contributed by atoms with Crippen LogP contribution in [0.3, 0.4) is 0 Å². The average molecular weight is 422 g/mol. The topological polar surface area (TPSA) is 46.9 Å². The molecule has 0 saturated heterocycles. The number of fused-ring (bicyclic) bond motifs is 1. The Morgan fingerprint density at radius 1 is 1.07 bits per heavy atom. The number of amides is 1. The maximum absolute atomic E-state index is 12.4. The van der Waals surface area contributed by atoms with Crippen molar-refractivity contribution in [3.63, 3.8) is 0 Å². The predicted molar refractivity (Wildman–Crippen MR) is 121 cm³/mol. The summed E-state index contributed by atoms with van der Waals surface area (Å²) in [6, 6.07) is 23.6. The van der Waals surface area contributed by atoms with Gasteiger partial charge in [-0.25, -0.2) is 4.98 Å². The number of aromatic nitrogens is 2. The van der Waals surface area contributed by atoms with Gasteiger partial charge in [0.15, 0.2) is 5.16 Å². The van der Waals surface area contributed by atoms with Crippen LogP contribution in [0.15, 0.2) is 78.0 Å². The number of imidazole rings is 1. The summed E-state index contributed by atoms with van der Waals surface area (Å²) < 4.78 is 2.14. The number of para-hydroxylation sites is 2. The van der Waals surface area contributed by atoms with Gasteiger partial charge in [-0.15, -0.1) is 0 Å². The molecule has 0 bridgehead atoms. The first-order valence-electron chi connectivity index (χ1n) is 9.27. The second-order valence-electron chi connectivity index (χ2n) is 6.80. The number of rotatable bonds is 6. The van der Waals surface area contributed by atoms with Crippen LogP contribution in [-0.2, 0) is 11.3 Å². The summed E-state index contributed by atoms with van der Waals surface area (Å²) in [5.41, 5.74) is 5.01. The van der Waals surface area contributed by atoms with Gasteiger partial charge >= 0.3 is 0 Å². The summed E-state index contributed by atoms with van der Waals surface area (Å²) in [5.74, 6) is 0.239. The van der Waals surface area contributed by atoms with E-state index in [0.717, 1.165) is 33.0 Å². The van der Waals surface area contributed by atoms with Crippen molar-refractivity contribution in [3.05, 3.63) is 88.9 Å². The molecule has 0 radical (unpaired) electrons. The molecule has 3 aromatic carbocycles. The third-order valence-electron chi connectivity index (χ3n) is 4.51. The van der Waals surface area contributed by atoms with Gasteiger partial charge in [-0.05, 0) is 54.4 Å². The molecule has 1 aromatic heterocycles. The Hall–Kier alpha value is -2.76. The zero-order chi connectivity index (χ0) is 20.2. The lowest BCUT2D eigenvalue weighted by Gasteiger charge is -2.10. The molecule has 0 aliphatic rings. The number of nitrogens with zero attached hydrogens (tertiary/aromatic N) is 2. The minimum Gasteiger partial charge on any atom is -0.325 e. The standard InChI is InChI=1S/C23H20ClN3OS/c1-16-5-4-6-19(13-16)25-22(28)15-29-23-26-20-7-2-3-8-21(20)27(23)14-17-9-11-18(24)12-10-17/h2-13H,14-15H2,1H3,(H,25,28). The molecule has 4 nitrogen and oxygen atoms in total. The largest absolute Gasteiger partial charge is 0.325 e. The number of hydrogen-bond acceptors (Lipinski definition) is 3. The Labute approximate surface area is 178 Å². The highest BCUT2D eigenvalue weighted by atomic mass is 35.5. The van der Waals surface area contributed by atoms with Crippen molar-refractivity contribution in [1.82, 2.24) is 9.55 Å². The second-order valence-corrected chi connectivity index (χ2v) is 8.18. The number of anilines is 1. The number of benzene rings is 3. The molecule has 0 spiro atoms. The minimum absolute atomic E-state index is 0.0503. The number of nitrogens with one attached hydrogen (secondary N) is 1. The summed E-state index contributed by atoms with van der Waals surface area (Å²) >= 11 is 7.45. The van der Waals surface area contributed by atoms with E-state index in [1.165, 1.54) is 11.8 Å². The molecule has 29 heavy (non-hydrogen) atoms. The third kappa shape index (κ3) is 4.81. The smallest absolute Gasteiger partial charge is 0.234 e. The van der Waals surface area contributed by atoms with Crippen LogP contribution in [0, 0.1) is 6.92 Å². The molecular weight excluding hydrogens is 402 g/mol. The van der Waals surface area contributed by atoms with Crippen LogP contribution in [0.1, 0.15) is 11.1 Å². The van der Waals surface area contributed by atoms with Crippen LogP contribution >= 0.6 is 23.4 Å². The van der Waals surface area contributed by atoms with Gasteiger partial charge in [0, 0.05) is 10.7 Å². The fraction of sp³-hybridized carbons (Fsp3) is 0.130. The first-order chi connectivity index (χ1) is 14.1. The van der Waals surface area contributed by atoms with Gasteiger partial charge in [-0.1, -0.05) is 59.8 Å². The van der Waals surface area contributed by atoms with Gasteiger partial charge in [0.25, 0.3) is 0 Å². The molecule has 4 aromatic rings. The molecule has 0 aliphatic heterocycles. The van der Waals surface area contributed by atoms with Gasteiger partial charge in [0.1, 0.15) is 0 Å². The van der Waals surface area contributed by atoms with E-state index in [-0.39, 0.29) is 11.7 Å². The van der Waals surface area contributed by atoms with Crippen molar-refractivity contribution in [2.24, 2.45) is 0 Å². The highest BCUT2D eigenvalue weighted by Crippen LogP contribution is 2.26. The van der Waals surface area contributed by atoms with E-state index in [9.17, 15) is 4.79 Å². The molecule has 0 atom stereocenters. The molecule has 0 fully saturated rings. The molecule has 0 saturated carbocycles. The van der Waals surface area contributed by atoms with Crippen molar-refractivity contribution < 1.29 is 4.79 Å². The Morgan fingerprint density at radius 3 is 2.66 bits per heavy atom. The summed E-state index contributed by atoms with van der Waals surface area (Å²) in [7, 11) is 0. The lowest BCUT2D eigenvalue weighted by molar-refractivity contribution is -0.113. The molecule has 0 unspecified atom stereocenters. The SMILES string of the molecule is Cc1cccc(NC(=O)CSc2nc3ccccc3n2Cc2ccc(Cl)cc2)c1. The van der Waals surface area contributed by atoms with E-state index in [2.05, 4.69) is 16.0 Å². The molecule has 0 aliphatic carbocycles. The molecular formula is C23H20ClN3OS. The van der Waals surface area contributed by atoms with Crippen molar-refractivity contribution in [2.75, 3.05) is 11.1 Å². The Balaban J connectivity index is 1.53. The number of thioether (sulfide) groups is 1. The number of hydrogen-bond donors (Lipinski definition) is 1. The van der Waals surface area contributed by atoms with E-state index in [4.69, 9.17) is 16.6 Å². The second kappa shape index (κ2) is 8.72. The van der Waals surface area contributed by atoms with E-state index < -0.39 is 0 Å². The average Bonchev–Trinajstić information content (AvgIpc) is 3.06. The molecule has 1 N–H and O–H groups in total. The monoisotopic (exact) mass is 421 g/mol. The van der Waals surface area contributed by atoms with E-state index in [0.29, 0.717) is 11.6 Å². The first kappa shape index (κ1) is 19.6. The molecule has 4 rings (SSSR count). The van der Waals surface area contributed by atoms with Crippen molar-refractivity contribution in [2.45, 2.75) is 18.6 Å². The zero-order valence-corrected chi connectivity index (χ0v) is 17.5. The first-order valence-corrected chi connectivity index (χ1v) is 10.6. The summed E-state index contributed by atoms with van der Waals surface area (Å²) in [5, 5.41) is 4.49. The minimum atomic E-state index is -0.0503. The van der Waals surface area contributed by atoms with E-state index >= 15 is 0 Å². The summed E-state index contributed by atoms with van der Waals surface area (Å²) in [6.07, 6.45) is 0. The van der Waals surface area contributed by atoms with E-state index in [1.54, 1.807) is 0 Å². The Bertz CT molecular complexity index is 1150. The lowest BCUT2D eigenvalue weighted by atomic mass is 10.2. The normalized spacial score (nSPS) is 11.0. The van der Waals surface area contributed by atoms with Crippen molar-refractivity contribution >= 4 is 46.0 Å². The van der Waals surface area contributed by atoms with Gasteiger partial charge in [-0.3, -0.25) is 4.79 Å². The fourth-order valence-electron chi connectivity index (χ4n) is 3.14. The maximum atomic E-state index is 12.4. The molecule has 6 heteroatoms. The van der Waals surface area contributed by atoms with Gasteiger partial charge < -0.3 is 9.88 Å². The Morgan fingerprint density at radius 2 is 1.86 bits per heavy atom. The van der Waals surface area contributed by atoms with Crippen LogP contribution in [0.4, 0.5) is 5.69 Å². The fourth-order valence-corrected chi connectivity index (χ4v) is 4.08. The van der Waals surface area contributed by atoms with Crippen LogP contribution in [0.25, 0.3) is 11.0 Å². The van der Waals surface area contributed by atoms with E-state index in [1.807, 2.05) is 73.7 Å². The Kier molecular flexibility index (Phi) is 5.88. The van der Waals surface area contributed by atoms with Crippen LogP contribution in [0.5, 0.6) is 0 Å². The molecule has 1 heterocycles. The maximum Gasteiger partial charge on any atom is 0.234 e. The van der Waals surface area contributed by atoms with Gasteiger partial charge in [-0.2, -0.15) is 0 Å². The molecule has 146 valence electrons. The number of halogens is 1. The van der Waals surface area contributed by atoms with Gasteiger partial charge in [0.05, 0.1) is 23.3 Å². The summed E-state index contributed by atoms with van der Waals surface area (Å²) in [4.78, 5) is 17.2.